The minimum atomic E-state index is -0.485. The zero-order chi connectivity index (χ0) is 13.3. The van der Waals surface area contributed by atoms with Crippen molar-refractivity contribution >= 4 is 5.97 Å². The molecule has 0 spiro atoms. The first kappa shape index (κ1) is 13.1. The molecule has 1 saturated heterocycles. The second kappa shape index (κ2) is 4.72. The normalized spacial score (nSPS) is 28.3. The fraction of sp³-hybridized carbons (Fsp3) is 0.692. The molecule has 1 aliphatic heterocycles. The van der Waals surface area contributed by atoms with Crippen LogP contribution in [-0.2, 0) is 9.53 Å². The van der Waals surface area contributed by atoms with Crippen LogP contribution < -0.4 is 5.32 Å². The lowest BCUT2D eigenvalue weighted by atomic mass is 9.97. The number of esters is 1. The Morgan fingerprint density at radius 2 is 2.22 bits per heavy atom. The first-order chi connectivity index (χ1) is 8.38. The molecule has 18 heavy (non-hydrogen) atoms. The summed E-state index contributed by atoms with van der Waals surface area (Å²) in [6.45, 7) is 7.65. The largest absolute Gasteiger partial charge is 0.445 e. The van der Waals surface area contributed by atoms with E-state index in [9.17, 15) is 4.79 Å². The predicted molar refractivity (Wildman–Crippen MR) is 67.9 cm³/mol. The lowest BCUT2D eigenvalue weighted by Crippen LogP contribution is -2.37. The molecule has 5 heteroatoms. The second-order valence-electron chi connectivity index (χ2n) is 5.96. The summed E-state index contributed by atoms with van der Waals surface area (Å²) < 4.78 is 5.57. The molecule has 5 nitrogen and oxygen atoms in total. The molecule has 100 valence electrons. The molecule has 1 aliphatic rings. The number of aromatic nitrogens is 2. The number of nitrogens with one attached hydrogen (secondary N) is 2. The first-order valence-corrected chi connectivity index (χ1v) is 6.34. The van der Waals surface area contributed by atoms with Gasteiger partial charge < -0.3 is 9.72 Å². The number of ether oxygens (including phenoxy) is 1. The van der Waals surface area contributed by atoms with Crippen LogP contribution >= 0.6 is 0 Å². The SMILES string of the molecule is CC1C[C@@H](c2ncc[nH]2)C(OC(=O)C(C)(C)C)N1. The van der Waals surface area contributed by atoms with Gasteiger partial charge in [-0.05, 0) is 34.1 Å². The van der Waals surface area contributed by atoms with E-state index in [1.165, 1.54) is 0 Å². The molecular weight excluding hydrogens is 230 g/mol. The maximum Gasteiger partial charge on any atom is 0.312 e. The summed E-state index contributed by atoms with van der Waals surface area (Å²) in [5.74, 6) is 0.783. The van der Waals surface area contributed by atoms with E-state index >= 15 is 0 Å². The van der Waals surface area contributed by atoms with Crippen LogP contribution in [0.4, 0.5) is 0 Å². The van der Waals surface area contributed by atoms with Gasteiger partial charge in [0.05, 0.1) is 11.3 Å². The van der Waals surface area contributed by atoms with Crippen molar-refractivity contribution in [2.24, 2.45) is 5.41 Å². The van der Waals surface area contributed by atoms with Gasteiger partial charge in [-0.3, -0.25) is 10.1 Å². The summed E-state index contributed by atoms with van der Waals surface area (Å²) in [6, 6.07) is 0.317. The van der Waals surface area contributed by atoms with Gasteiger partial charge in [-0.25, -0.2) is 4.98 Å². The molecule has 2 heterocycles. The molecule has 3 atom stereocenters. The van der Waals surface area contributed by atoms with Crippen molar-refractivity contribution in [3.8, 4) is 0 Å². The summed E-state index contributed by atoms with van der Waals surface area (Å²) in [4.78, 5) is 19.3. The van der Waals surface area contributed by atoms with Crippen molar-refractivity contribution in [2.75, 3.05) is 0 Å². The molecule has 0 aliphatic carbocycles. The molecule has 0 aromatic carbocycles. The first-order valence-electron chi connectivity index (χ1n) is 6.34. The summed E-state index contributed by atoms with van der Waals surface area (Å²) >= 11 is 0. The summed E-state index contributed by atoms with van der Waals surface area (Å²) in [5.41, 5.74) is -0.485. The number of rotatable bonds is 2. The van der Waals surface area contributed by atoms with Crippen molar-refractivity contribution in [2.45, 2.75) is 52.3 Å². The monoisotopic (exact) mass is 251 g/mol. The lowest BCUT2D eigenvalue weighted by Gasteiger charge is -2.23. The van der Waals surface area contributed by atoms with Crippen molar-refractivity contribution in [3.63, 3.8) is 0 Å². The van der Waals surface area contributed by atoms with Gasteiger partial charge in [0.15, 0.2) is 6.23 Å². The standard InChI is InChI=1S/C13H21N3O2/c1-8-7-9(10-14-5-6-15-10)11(16-8)18-12(17)13(2,3)4/h5-6,8-9,11,16H,7H2,1-4H3,(H,14,15)/t8?,9-,11?/m0/s1. The Labute approximate surface area is 107 Å². The number of carbonyl (C=O) groups excluding carboxylic acids is 1. The molecule has 1 aromatic rings. The fourth-order valence-corrected chi connectivity index (χ4v) is 2.11. The van der Waals surface area contributed by atoms with E-state index in [0.717, 1.165) is 12.2 Å². The van der Waals surface area contributed by atoms with Gasteiger partial charge in [0.1, 0.15) is 5.82 Å². The Hall–Kier alpha value is -1.36. The van der Waals surface area contributed by atoms with Crippen LogP contribution in [-0.4, -0.2) is 28.2 Å². The molecular formula is C13H21N3O2. The number of carbonyl (C=O) groups is 1. The van der Waals surface area contributed by atoms with Crippen LogP contribution in [0.25, 0.3) is 0 Å². The predicted octanol–water partition coefficient (Wildman–Crippen LogP) is 1.79. The minimum absolute atomic E-state index is 0.0984. The quantitative estimate of drug-likeness (QED) is 0.786. The van der Waals surface area contributed by atoms with Crippen molar-refractivity contribution in [1.29, 1.82) is 0 Å². The van der Waals surface area contributed by atoms with Gasteiger partial charge in [-0.2, -0.15) is 0 Å². The van der Waals surface area contributed by atoms with Crippen LogP contribution in [0.1, 0.15) is 45.9 Å². The van der Waals surface area contributed by atoms with Crippen molar-refractivity contribution < 1.29 is 9.53 Å². The molecule has 0 amide bonds. The number of aromatic amines is 1. The van der Waals surface area contributed by atoms with Crippen LogP contribution in [0.15, 0.2) is 12.4 Å². The molecule has 0 saturated carbocycles. The lowest BCUT2D eigenvalue weighted by molar-refractivity contribution is -0.160. The third kappa shape index (κ3) is 2.72. The Morgan fingerprint density at radius 3 is 2.78 bits per heavy atom. The van der Waals surface area contributed by atoms with Crippen LogP contribution in [0.2, 0.25) is 0 Å². The number of H-pyrrole nitrogens is 1. The Morgan fingerprint density at radius 1 is 1.50 bits per heavy atom. The maximum atomic E-state index is 11.9. The zero-order valence-electron chi connectivity index (χ0n) is 11.4. The van der Waals surface area contributed by atoms with Crippen LogP contribution in [0.3, 0.4) is 0 Å². The highest BCUT2D eigenvalue weighted by Crippen LogP contribution is 2.30. The van der Waals surface area contributed by atoms with Crippen molar-refractivity contribution in [1.82, 2.24) is 15.3 Å². The van der Waals surface area contributed by atoms with E-state index in [4.69, 9.17) is 4.74 Å². The topological polar surface area (TPSA) is 67.0 Å². The highest BCUT2D eigenvalue weighted by atomic mass is 16.6. The summed E-state index contributed by atoms with van der Waals surface area (Å²) in [5, 5.41) is 3.29. The fourth-order valence-electron chi connectivity index (χ4n) is 2.11. The van der Waals surface area contributed by atoms with Crippen LogP contribution in [0.5, 0.6) is 0 Å². The molecule has 2 rings (SSSR count). The van der Waals surface area contributed by atoms with Gasteiger partial charge in [0.2, 0.25) is 0 Å². The molecule has 2 N–H and O–H groups in total. The van der Waals surface area contributed by atoms with E-state index in [1.54, 1.807) is 12.4 Å². The molecule has 0 bridgehead atoms. The Kier molecular flexibility index (Phi) is 3.43. The average Bonchev–Trinajstić information content (AvgIpc) is 2.85. The molecule has 1 aromatic heterocycles. The number of hydrogen-bond acceptors (Lipinski definition) is 4. The number of hydrogen-bond donors (Lipinski definition) is 2. The summed E-state index contributed by atoms with van der Waals surface area (Å²) in [7, 11) is 0. The summed E-state index contributed by atoms with van der Waals surface area (Å²) in [6.07, 6.45) is 4.13. The molecule has 2 unspecified atom stereocenters. The third-order valence-corrected chi connectivity index (χ3v) is 3.14. The Balaban J connectivity index is 2.09. The Bertz CT molecular complexity index is 408. The van der Waals surface area contributed by atoms with E-state index < -0.39 is 5.41 Å². The van der Waals surface area contributed by atoms with Gasteiger partial charge in [-0.15, -0.1) is 0 Å². The zero-order valence-corrected chi connectivity index (χ0v) is 11.4. The number of imidazole rings is 1. The van der Waals surface area contributed by atoms with E-state index in [-0.39, 0.29) is 18.1 Å². The van der Waals surface area contributed by atoms with E-state index in [0.29, 0.717) is 6.04 Å². The van der Waals surface area contributed by atoms with Gasteiger partial charge in [-0.1, -0.05) is 0 Å². The third-order valence-electron chi connectivity index (χ3n) is 3.14. The van der Waals surface area contributed by atoms with Crippen LogP contribution in [0, 0.1) is 5.41 Å². The minimum Gasteiger partial charge on any atom is -0.445 e. The van der Waals surface area contributed by atoms with Gasteiger partial charge in [0.25, 0.3) is 0 Å². The second-order valence-corrected chi connectivity index (χ2v) is 5.96. The maximum absolute atomic E-state index is 11.9. The highest BCUT2D eigenvalue weighted by Gasteiger charge is 2.38. The van der Waals surface area contributed by atoms with Gasteiger partial charge >= 0.3 is 5.97 Å². The smallest absolute Gasteiger partial charge is 0.312 e. The van der Waals surface area contributed by atoms with E-state index in [1.807, 2.05) is 20.8 Å². The molecule has 0 radical (unpaired) electrons. The van der Waals surface area contributed by atoms with Crippen molar-refractivity contribution in [3.05, 3.63) is 18.2 Å². The highest BCUT2D eigenvalue weighted by molar-refractivity contribution is 5.75. The average molecular weight is 251 g/mol. The van der Waals surface area contributed by atoms with E-state index in [2.05, 4.69) is 22.2 Å². The molecule has 1 fully saturated rings. The number of nitrogens with zero attached hydrogens (tertiary/aromatic N) is 1. The van der Waals surface area contributed by atoms with Gasteiger partial charge in [0, 0.05) is 18.4 Å².